The molecule has 0 atom stereocenters. The van der Waals surface area contributed by atoms with Crippen molar-refractivity contribution in [1.82, 2.24) is 0 Å². The predicted octanol–water partition coefficient (Wildman–Crippen LogP) is 2.33. The summed E-state index contributed by atoms with van der Waals surface area (Å²) in [6, 6.07) is -2.97. The standard InChI is InChI=1S/C11H10O/c12-8-9-5-6-10-3-1-2-4-11(10)7-9/h1-7,12H,8H2/i1D,2D,3D,4D,5D,6D,7D. The van der Waals surface area contributed by atoms with E-state index in [0.29, 0.717) is 0 Å². The number of aliphatic hydroxyl groups is 1. The van der Waals surface area contributed by atoms with Crippen molar-refractivity contribution in [2.24, 2.45) is 0 Å². The molecular formula is C11H10O. The molecule has 60 valence electrons. The zero-order valence-corrected chi connectivity index (χ0v) is 6.15. The molecule has 1 nitrogen and oxygen atoms in total. The van der Waals surface area contributed by atoms with E-state index in [1.54, 1.807) is 0 Å². The van der Waals surface area contributed by atoms with Crippen LogP contribution in [0.15, 0.2) is 42.3 Å². The maximum atomic E-state index is 9.15. The molecule has 0 amide bonds. The Labute approximate surface area is 81.1 Å². The van der Waals surface area contributed by atoms with Gasteiger partial charge in [-0.05, 0) is 22.4 Å². The molecule has 2 rings (SSSR count). The van der Waals surface area contributed by atoms with E-state index < -0.39 is 36.8 Å². The quantitative estimate of drug-likeness (QED) is 0.687. The van der Waals surface area contributed by atoms with Gasteiger partial charge in [-0.2, -0.15) is 0 Å². The smallest absolute Gasteiger partial charge is 0.0682 e. The highest BCUT2D eigenvalue weighted by Crippen LogP contribution is 2.15. The van der Waals surface area contributed by atoms with E-state index in [2.05, 4.69) is 0 Å². The molecule has 2 aromatic carbocycles. The van der Waals surface area contributed by atoms with Crippen LogP contribution in [0.25, 0.3) is 10.8 Å². The number of fused-ring (bicyclic) bond motifs is 1. The molecule has 2 aromatic rings. The molecule has 1 N–H and O–H groups in total. The summed E-state index contributed by atoms with van der Waals surface area (Å²) < 4.78 is 54.0. The fourth-order valence-electron chi connectivity index (χ4n) is 0.899. The molecule has 0 aliphatic carbocycles. The molecule has 12 heavy (non-hydrogen) atoms. The highest BCUT2D eigenvalue weighted by atomic mass is 16.3. The van der Waals surface area contributed by atoms with Gasteiger partial charge in [0.1, 0.15) is 0 Å². The Morgan fingerprint density at radius 3 is 2.58 bits per heavy atom. The summed E-state index contributed by atoms with van der Waals surface area (Å²) >= 11 is 0. The van der Waals surface area contributed by atoms with Crippen molar-refractivity contribution < 1.29 is 14.7 Å². The van der Waals surface area contributed by atoms with Gasteiger partial charge in [0, 0.05) is 0 Å². The van der Waals surface area contributed by atoms with Crippen molar-refractivity contribution in [2.45, 2.75) is 6.61 Å². The van der Waals surface area contributed by atoms with E-state index in [1.165, 1.54) is 0 Å². The number of aliphatic hydroxyl groups excluding tert-OH is 1. The van der Waals surface area contributed by atoms with Gasteiger partial charge < -0.3 is 5.11 Å². The van der Waals surface area contributed by atoms with Gasteiger partial charge in [0.15, 0.2) is 0 Å². The molecule has 1 heteroatoms. The lowest BCUT2D eigenvalue weighted by Gasteiger charge is -1.99. The summed E-state index contributed by atoms with van der Waals surface area (Å²) in [5.74, 6) is 0. The van der Waals surface area contributed by atoms with Gasteiger partial charge in [0.05, 0.1) is 16.2 Å². The maximum absolute atomic E-state index is 9.15. The average Bonchev–Trinajstić information content (AvgIpc) is 2.38. The second-order valence-electron chi connectivity index (χ2n) is 2.26. The second-order valence-corrected chi connectivity index (χ2v) is 2.26. The molecule has 0 saturated carbocycles. The molecule has 0 fully saturated rings. The highest BCUT2D eigenvalue weighted by Gasteiger charge is 1.92. The minimum absolute atomic E-state index is 0.109. The lowest BCUT2D eigenvalue weighted by atomic mass is 10.1. The Bertz CT molecular complexity index is 696. The number of hydrogen-bond donors (Lipinski definition) is 1. The van der Waals surface area contributed by atoms with Crippen molar-refractivity contribution in [3.63, 3.8) is 0 Å². The Morgan fingerprint density at radius 1 is 1.08 bits per heavy atom. The third-order valence-electron chi connectivity index (χ3n) is 1.46. The molecule has 0 aliphatic rings. The number of rotatable bonds is 1. The number of hydrogen-bond acceptors (Lipinski definition) is 1. The predicted molar refractivity (Wildman–Crippen MR) is 49.9 cm³/mol. The van der Waals surface area contributed by atoms with Gasteiger partial charge in [-0.1, -0.05) is 36.3 Å². The highest BCUT2D eigenvalue weighted by molar-refractivity contribution is 5.82. The molecule has 0 saturated heterocycles. The third kappa shape index (κ3) is 1.19. The summed E-state index contributed by atoms with van der Waals surface area (Å²) in [7, 11) is 0. The van der Waals surface area contributed by atoms with E-state index in [-0.39, 0.29) is 28.4 Å². The van der Waals surface area contributed by atoms with Gasteiger partial charge in [0.25, 0.3) is 0 Å². The van der Waals surface area contributed by atoms with Crippen molar-refractivity contribution in [2.75, 3.05) is 0 Å². The Hall–Kier alpha value is -1.34. The molecule has 0 radical (unpaired) electrons. The zero-order chi connectivity index (χ0) is 14.5. The van der Waals surface area contributed by atoms with Crippen LogP contribution in [0.2, 0.25) is 0 Å². The number of benzene rings is 2. The van der Waals surface area contributed by atoms with Crippen molar-refractivity contribution in [1.29, 1.82) is 0 Å². The van der Waals surface area contributed by atoms with Crippen LogP contribution >= 0.6 is 0 Å². The first kappa shape index (κ1) is 2.86. The van der Waals surface area contributed by atoms with E-state index in [9.17, 15) is 0 Å². The van der Waals surface area contributed by atoms with E-state index in [1.807, 2.05) is 0 Å². The second kappa shape index (κ2) is 2.95. The van der Waals surface area contributed by atoms with Gasteiger partial charge in [-0.25, -0.2) is 0 Å². The summed E-state index contributed by atoms with van der Waals surface area (Å²) in [5.41, 5.74) is -0.109. The first-order chi connectivity index (χ1) is 8.82. The minimum atomic E-state index is -0.623. The van der Waals surface area contributed by atoms with Gasteiger partial charge >= 0.3 is 0 Å². The maximum Gasteiger partial charge on any atom is 0.0682 e. The molecule has 0 aromatic heterocycles. The average molecular weight is 165 g/mol. The molecule has 0 spiro atoms. The first-order valence-electron chi connectivity index (χ1n) is 6.92. The van der Waals surface area contributed by atoms with Crippen LogP contribution in [0.1, 0.15) is 15.2 Å². The van der Waals surface area contributed by atoms with Gasteiger partial charge in [-0.15, -0.1) is 0 Å². The Balaban J connectivity index is 3.18. The fourth-order valence-corrected chi connectivity index (χ4v) is 0.899. The monoisotopic (exact) mass is 165 g/mol. The van der Waals surface area contributed by atoms with Gasteiger partial charge in [0.2, 0.25) is 0 Å². The summed E-state index contributed by atoms with van der Waals surface area (Å²) in [5, 5.41) is 8.87. The minimum Gasteiger partial charge on any atom is -0.392 e. The van der Waals surface area contributed by atoms with Gasteiger partial charge in [-0.3, -0.25) is 0 Å². The third-order valence-corrected chi connectivity index (χ3v) is 1.46. The zero-order valence-electron chi connectivity index (χ0n) is 13.2. The topological polar surface area (TPSA) is 20.2 Å². The fraction of sp³-hybridized carbons (Fsp3) is 0.0909. The molecule has 0 unspecified atom stereocenters. The largest absolute Gasteiger partial charge is 0.392 e. The molecule has 0 bridgehead atoms. The van der Waals surface area contributed by atoms with Crippen LogP contribution in [0, 0.1) is 0 Å². The Morgan fingerprint density at radius 2 is 1.83 bits per heavy atom. The van der Waals surface area contributed by atoms with Crippen LogP contribution in [0.5, 0.6) is 0 Å². The van der Waals surface area contributed by atoms with Crippen molar-refractivity contribution >= 4 is 10.8 Å². The SMILES string of the molecule is [2H]c1c([2H])c([2H])c2c([2H])c(CO)c([2H])c([2H])c2c1[2H]. The van der Waals surface area contributed by atoms with Crippen LogP contribution in [0.4, 0.5) is 0 Å². The lowest BCUT2D eigenvalue weighted by molar-refractivity contribution is 0.282. The molecule has 0 aliphatic heterocycles. The molecule has 0 heterocycles. The van der Waals surface area contributed by atoms with E-state index in [0.717, 1.165) is 0 Å². The summed E-state index contributed by atoms with van der Waals surface area (Å²) in [6.07, 6.45) is 0. The van der Waals surface area contributed by atoms with Crippen molar-refractivity contribution in [3.05, 3.63) is 47.9 Å². The lowest BCUT2D eigenvalue weighted by Crippen LogP contribution is -1.81. The Kier molecular flexibility index (Phi) is 0.703. The summed E-state index contributed by atoms with van der Waals surface area (Å²) in [6.45, 7) is -0.623. The molecular weight excluding hydrogens is 148 g/mol. The van der Waals surface area contributed by atoms with E-state index in [4.69, 9.17) is 14.7 Å². The van der Waals surface area contributed by atoms with Crippen molar-refractivity contribution in [3.8, 4) is 0 Å². The van der Waals surface area contributed by atoms with Crippen LogP contribution in [0.3, 0.4) is 0 Å². The van der Waals surface area contributed by atoms with E-state index >= 15 is 0 Å². The first-order valence-corrected chi connectivity index (χ1v) is 3.42. The normalized spacial score (nSPS) is 18.6. The van der Waals surface area contributed by atoms with Crippen LogP contribution in [-0.4, -0.2) is 5.11 Å². The van der Waals surface area contributed by atoms with Crippen LogP contribution < -0.4 is 0 Å². The van der Waals surface area contributed by atoms with Crippen LogP contribution in [-0.2, 0) is 6.61 Å². The summed E-state index contributed by atoms with van der Waals surface area (Å²) in [4.78, 5) is 0.